The first-order chi connectivity index (χ1) is 16.7. The summed E-state index contributed by atoms with van der Waals surface area (Å²) in [6, 6.07) is 19.9. The van der Waals surface area contributed by atoms with Crippen molar-refractivity contribution in [2.75, 3.05) is 6.61 Å². The molecule has 0 bridgehead atoms. The van der Waals surface area contributed by atoms with Gasteiger partial charge in [-0.25, -0.2) is 0 Å². The van der Waals surface area contributed by atoms with Crippen LogP contribution in [0.2, 0.25) is 0 Å². The van der Waals surface area contributed by atoms with E-state index in [9.17, 15) is 4.79 Å². The zero-order valence-corrected chi connectivity index (χ0v) is 19.5. The number of carbonyl (C=O) groups is 1. The van der Waals surface area contributed by atoms with Crippen molar-refractivity contribution in [3.05, 3.63) is 101 Å². The number of aryl methyl sites for hydroxylation is 1. The number of ether oxygens (including phenoxy) is 1. The Bertz CT molecular complexity index is 1280. The van der Waals surface area contributed by atoms with Crippen LogP contribution in [-0.2, 0) is 6.54 Å². The van der Waals surface area contributed by atoms with E-state index in [1.54, 1.807) is 12.4 Å². The number of amides is 1. The zero-order valence-electron chi connectivity index (χ0n) is 19.5. The number of hydrogen-bond acceptors (Lipinski definition) is 4. The molecule has 2 aromatic heterocycles. The smallest absolute Gasteiger partial charge is 0.273 e. The van der Waals surface area contributed by atoms with Crippen LogP contribution in [0.15, 0.2) is 73.1 Å². The quantitative estimate of drug-likeness (QED) is 0.348. The van der Waals surface area contributed by atoms with Gasteiger partial charge in [0, 0.05) is 30.1 Å². The molecule has 1 aliphatic rings. The molecule has 0 spiro atoms. The van der Waals surface area contributed by atoms with Crippen molar-refractivity contribution in [2.45, 2.75) is 39.3 Å². The summed E-state index contributed by atoms with van der Waals surface area (Å²) in [7, 11) is 0. The molecule has 2 aromatic carbocycles. The molecular weight excluding hydrogens is 424 g/mol. The predicted octanol–water partition coefficient (Wildman–Crippen LogP) is 5.70. The summed E-state index contributed by atoms with van der Waals surface area (Å²) in [5, 5.41) is 7.61. The third kappa shape index (κ3) is 4.19. The van der Waals surface area contributed by atoms with Crippen LogP contribution in [0, 0.1) is 6.92 Å². The second kappa shape index (κ2) is 9.51. The maximum absolute atomic E-state index is 13.6. The van der Waals surface area contributed by atoms with Crippen molar-refractivity contribution in [3.8, 4) is 17.0 Å². The van der Waals surface area contributed by atoms with Gasteiger partial charge in [-0.1, -0.05) is 55.3 Å². The van der Waals surface area contributed by atoms with Crippen LogP contribution in [0.4, 0.5) is 0 Å². The first-order valence-corrected chi connectivity index (χ1v) is 11.7. The van der Waals surface area contributed by atoms with E-state index in [1.807, 2.05) is 35.2 Å². The van der Waals surface area contributed by atoms with Crippen LogP contribution in [0.5, 0.6) is 5.75 Å². The summed E-state index contributed by atoms with van der Waals surface area (Å²) >= 11 is 0. The maximum Gasteiger partial charge on any atom is 0.273 e. The summed E-state index contributed by atoms with van der Waals surface area (Å²) in [5.41, 5.74) is 6.47. The Morgan fingerprint density at radius 1 is 1.06 bits per heavy atom. The summed E-state index contributed by atoms with van der Waals surface area (Å²) in [5.74, 6) is 0.760. The first kappa shape index (κ1) is 21.9. The molecule has 1 aliphatic heterocycles. The van der Waals surface area contributed by atoms with Gasteiger partial charge in [-0.2, -0.15) is 5.10 Å². The highest BCUT2D eigenvalue weighted by molar-refractivity contribution is 6.00. The number of nitrogens with zero attached hydrogens (tertiary/aromatic N) is 3. The molecule has 0 radical (unpaired) electrons. The van der Waals surface area contributed by atoms with Crippen LogP contribution < -0.4 is 4.74 Å². The Kier molecular flexibility index (Phi) is 6.12. The lowest BCUT2D eigenvalue weighted by Crippen LogP contribution is -2.29. The molecule has 0 aliphatic carbocycles. The number of carbonyl (C=O) groups excluding carboxylic acids is 1. The molecule has 1 N–H and O–H groups in total. The second-order valence-corrected chi connectivity index (χ2v) is 8.69. The largest absolute Gasteiger partial charge is 0.494 e. The van der Waals surface area contributed by atoms with Gasteiger partial charge in [-0.15, -0.1) is 0 Å². The Morgan fingerprint density at radius 2 is 1.85 bits per heavy atom. The zero-order chi connectivity index (χ0) is 23.5. The third-order valence-electron chi connectivity index (χ3n) is 6.23. The van der Waals surface area contributed by atoms with E-state index in [4.69, 9.17) is 4.74 Å². The lowest BCUT2D eigenvalue weighted by molar-refractivity contribution is 0.0729. The topological polar surface area (TPSA) is 71.1 Å². The van der Waals surface area contributed by atoms with Gasteiger partial charge < -0.3 is 9.64 Å². The van der Waals surface area contributed by atoms with Crippen LogP contribution in [0.25, 0.3) is 11.3 Å². The molecule has 6 heteroatoms. The molecule has 0 saturated carbocycles. The standard InChI is InChI=1S/C28H28N4O2/c1-3-4-16-34-23-7-5-6-22(17-23)27-24-25(21-10-8-19(2)9-11-21)30-31-26(24)28(33)32(27)18-20-12-14-29-15-13-20/h5-15,17,27H,3-4,16,18H2,1-2H3,(H,30,31). The highest BCUT2D eigenvalue weighted by Crippen LogP contribution is 2.44. The molecule has 5 rings (SSSR count). The van der Waals surface area contributed by atoms with Gasteiger partial charge in [0.1, 0.15) is 11.4 Å². The van der Waals surface area contributed by atoms with E-state index in [1.165, 1.54) is 5.56 Å². The molecule has 172 valence electrons. The fourth-order valence-corrected chi connectivity index (χ4v) is 4.43. The summed E-state index contributed by atoms with van der Waals surface area (Å²) in [6.45, 7) is 5.36. The number of aromatic amines is 1. The Hall–Kier alpha value is -3.93. The van der Waals surface area contributed by atoms with E-state index in [0.717, 1.165) is 46.5 Å². The van der Waals surface area contributed by atoms with E-state index < -0.39 is 0 Å². The highest BCUT2D eigenvalue weighted by atomic mass is 16.5. The van der Waals surface area contributed by atoms with Crippen LogP contribution in [-0.4, -0.2) is 32.6 Å². The van der Waals surface area contributed by atoms with Gasteiger partial charge >= 0.3 is 0 Å². The second-order valence-electron chi connectivity index (χ2n) is 8.69. The summed E-state index contributed by atoms with van der Waals surface area (Å²) in [6.07, 6.45) is 5.59. The lowest BCUT2D eigenvalue weighted by Gasteiger charge is -2.27. The average Bonchev–Trinajstić information content (AvgIpc) is 3.40. The number of H-pyrrole nitrogens is 1. The van der Waals surface area contributed by atoms with Gasteiger partial charge in [0.2, 0.25) is 0 Å². The molecule has 6 nitrogen and oxygen atoms in total. The van der Waals surface area contributed by atoms with Crippen molar-refractivity contribution < 1.29 is 9.53 Å². The van der Waals surface area contributed by atoms with E-state index in [2.05, 4.69) is 59.4 Å². The lowest BCUT2D eigenvalue weighted by atomic mass is 9.95. The van der Waals surface area contributed by atoms with Gasteiger partial charge in [0.25, 0.3) is 5.91 Å². The first-order valence-electron chi connectivity index (χ1n) is 11.7. The van der Waals surface area contributed by atoms with Crippen LogP contribution in [0.3, 0.4) is 0 Å². The minimum atomic E-state index is -0.277. The van der Waals surface area contributed by atoms with Gasteiger partial charge in [-0.3, -0.25) is 14.9 Å². The van der Waals surface area contributed by atoms with Crippen molar-refractivity contribution in [2.24, 2.45) is 0 Å². The number of fused-ring (bicyclic) bond motifs is 1. The SMILES string of the molecule is CCCCOc1cccc(C2c3c(-c4ccc(C)cc4)n[nH]c3C(=O)N2Cc2ccncc2)c1. The normalized spacial score (nSPS) is 14.9. The van der Waals surface area contributed by atoms with E-state index in [-0.39, 0.29) is 11.9 Å². The number of unbranched alkanes of at least 4 members (excludes halogenated alkanes) is 1. The predicted molar refractivity (Wildman–Crippen MR) is 132 cm³/mol. The van der Waals surface area contributed by atoms with E-state index >= 15 is 0 Å². The van der Waals surface area contributed by atoms with Crippen molar-refractivity contribution in [3.63, 3.8) is 0 Å². The number of benzene rings is 2. The highest BCUT2D eigenvalue weighted by Gasteiger charge is 2.42. The molecule has 0 fully saturated rings. The molecule has 1 unspecified atom stereocenters. The van der Waals surface area contributed by atoms with Gasteiger partial charge in [0.15, 0.2) is 0 Å². The maximum atomic E-state index is 13.6. The Balaban J connectivity index is 1.59. The molecule has 0 saturated heterocycles. The Labute approximate surface area is 199 Å². The number of pyridine rings is 1. The Morgan fingerprint density at radius 3 is 2.62 bits per heavy atom. The number of hydrogen-bond donors (Lipinski definition) is 1. The molecule has 34 heavy (non-hydrogen) atoms. The summed E-state index contributed by atoms with van der Waals surface area (Å²) < 4.78 is 5.99. The van der Waals surface area contributed by atoms with Crippen molar-refractivity contribution in [1.82, 2.24) is 20.1 Å². The molecular formula is C28H28N4O2. The molecule has 3 heterocycles. The third-order valence-corrected chi connectivity index (χ3v) is 6.23. The minimum absolute atomic E-state index is 0.0556. The monoisotopic (exact) mass is 452 g/mol. The van der Waals surface area contributed by atoms with Gasteiger partial charge in [0.05, 0.1) is 18.3 Å². The van der Waals surface area contributed by atoms with E-state index in [0.29, 0.717) is 18.8 Å². The fourth-order valence-electron chi connectivity index (χ4n) is 4.43. The minimum Gasteiger partial charge on any atom is -0.494 e. The number of rotatable bonds is 8. The van der Waals surface area contributed by atoms with Gasteiger partial charge in [-0.05, 0) is 48.7 Å². The van der Waals surface area contributed by atoms with Crippen molar-refractivity contribution >= 4 is 5.91 Å². The van der Waals surface area contributed by atoms with Crippen LogP contribution in [0.1, 0.15) is 58.5 Å². The van der Waals surface area contributed by atoms with Crippen LogP contribution >= 0.6 is 0 Å². The molecule has 1 amide bonds. The molecule has 1 atom stereocenters. The fraction of sp³-hybridized carbons (Fsp3) is 0.250. The number of nitrogens with one attached hydrogen (secondary N) is 1. The summed E-state index contributed by atoms with van der Waals surface area (Å²) in [4.78, 5) is 19.6. The van der Waals surface area contributed by atoms with Crippen molar-refractivity contribution in [1.29, 1.82) is 0 Å². The molecule has 4 aromatic rings. The average molecular weight is 453 g/mol. The number of aromatic nitrogens is 3.